The number of carbonyl (C=O) groups excluding carboxylic acids is 1. The molecule has 1 aliphatic rings. The Labute approximate surface area is 159 Å². The number of tetrazole rings is 1. The lowest BCUT2D eigenvalue weighted by Gasteiger charge is -2.09. The Morgan fingerprint density at radius 2 is 2.11 bits per heavy atom. The fourth-order valence-electron chi connectivity index (χ4n) is 3.06. The molecule has 0 atom stereocenters. The zero-order chi connectivity index (χ0) is 18.6. The third kappa shape index (κ3) is 3.66. The van der Waals surface area contributed by atoms with Crippen LogP contribution in [0.3, 0.4) is 0 Å². The Kier molecular flexibility index (Phi) is 4.80. The fourth-order valence-corrected chi connectivity index (χ4v) is 4.31. The van der Waals surface area contributed by atoms with E-state index in [-0.39, 0.29) is 12.5 Å². The Morgan fingerprint density at radius 1 is 1.30 bits per heavy atom. The number of nitrogens with zero attached hydrogens (tertiary/aromatic N) is 5. The molecule has 0 saturated carbocycles. The SMILES string of the molecule is N#Cc1c(NC(=O)COc2ccc(-n3cnnn3)cc2)sc2c1CCCC2. The second-order valence-electron chi connectivity index (χ2n) is 6.11. The summed E-state index contributed by atoms with van der Waals surface area (Å²) in [5, 5.41) is 23.9. The molecule has 2 aromatic heterocycles. The molecule has 1 N–H and O–H groups in total. The van der Waals surface area contributed by atoms with Crippen LogP contribution in [-0.4, -0.2) is 32.7 Å². The summed E-state index contributed by atoms with van der Waals surface area (Å²) in [5.74, 6) is 0.280. The highest BCUT2D eigenvalue weighted by molar-refractivity contribution is 7.16. The van der Waals surface area contributed by atoms with Gasteiger partial charge in [0.25, 0.3) is 5.91 Å². The molecule has 4 rings (SSSR count). The van der Waals surface area contributed by atoms with Crippen LogP contribution in [0.15, 0.2) is 30.6 Å². The highest BCUT2D eigenvalue weighted by atomic mass is 32.1. The van der Waals surface area contributed by atoms with Gasteiger partial charge in [-0.2, -0.15) is 5.26 Å². The average molecular weight is 380 g/mol. The number of amides is 1. The van der Waals surface area contributed by atoms with E-state index in [2.05, 4.69) is 26.9 Å². The van der Waals surface area contributed by atoms with Crippen molar-refractivity contribution in [2.24, 2.45) is 0 Å². The molecule has 0 fully saturated rings. The number of fused-ring (bicyclic) bond motifs is 1. The quantitative estimate of drug-likeness (QED) is 0.729. The molecule has 0 bridgehead atoms. The van der Waals surface area contributed by atoms with E-state index in [0.717, 1.165) is 36.9 Å². The summed E-state index contributed by atoms with van der Waals surface area (Å²) in [6.07, 6.45) is 5.62. The second kappa shape index (κ2) is 7.55. The van der Waals surface area contributed by atoms with E-state index in [1.165, 1.54) is 27.2 Å². The van der Waals surface area contributed by atoms with Crippen LogP contribution in [0.2, 0.25) is 0 Å². The van der Waals surface area contributed by atoms with Crippen molar-refractivity contribution < 1.29 is 9.53 Å². The van der Waals surface area contributed by atoms with Gasteiger partial charge in [-0.05, 0) is 65.9 Å². The van der Waals surface area contributed by atoms with Crippen LogP contribution < -0.4 is 10.1 Å². The van der Waals surface area contributed by atoms with Crippen molar-refractivity contribution in [1.82, 2.24) is 20.2 Å². The number of nitriles is 1. The minimum Gasteiger partial charge on any atom is -0.484 e. The smallest absolute Gasteiger partial charge is 0.262 e. The van der Waals surface area contributed by atoms with Gasteiger partial charge in [0.15, 0.2) is 6.61 Å². The first-order valence-electron chi connectivity index (χ1n) is 8.55. The predicted molar refractivity (Wildman–Crippen MR) is 99.0 cm³/mol. The minimum absolute atomic E-state index is 0.127. The lowest BCUT2D eigenvalue weighted by molar-refractivity contribution is -0.118. The summed E-state index contributed by atoms with van der Waals surface area (Å²) < 4.78 is 7.06. The first-order chi connectivity index (χ1) is 13.2. The Morgan fingerprint density at radius 3 is 2.85 bits per heavy atom. The summed E-state index contributed by atoms with van der Waals surface area (Å²) in [6, 6.07) is 9.32. The average Bonchev–Trinajstić information content (AvgIpc) is 3.34. The molecule has 1 aliphatic carbocycles. The zero-order valence-electron chi connectivity index (χ0n) is 14.4. The number of ether oxygens (including phenoxy) is 1. The van der Waals surface area contributed by atoms with Crippen molar-refractivity contribution in [3.05, 3.63) is 46.6 Å². The number of aromatic nitrogens is 4. The first kappa shape index (κ1) is 17.2. The molecular formula is C18H16N6O2S. The highest BCUT2D eigenvalue weighted by Gasteiger charge is 2.21. The van der Waals surface area contributed by atoms with Gasteiger partial charge >= 0.3 is 0 Å². The number of aryl methyl sites for hydroxylation is 1. The Balaban J connectivity index is 1.38. The van der Waals surface area contributed by atoms with E-state index >= 15 is 0 Å². The third-order valence-corrected chi connectivity index (χ3v) is 5.56. The van der Waals surface area contributed by atoms with Crippen LogP contribution in [0, 0.1) is 11.3 Å². The van der Waals surface area contributed by atoms with Gasteiger partial charge in [-0.1, -0.05) is 0 Å². The molecule has 136 valence electrons. The fraction of sp³-hybridized carbons (Fsp3) is 0.278. The van der Waals surface area contributed by atoms with Crippen LogP contribution in [0.25, 0.3) is 5.69 Å². The maximum absolute atomic E-state index is 12.3. The molecule has 0 spiro atoms. The van der Waals surface area contributed by atoms with Gasteiger partial charge in [-0.15, -0.1) is 16.4 Å². The monoisotopic (exact) mass is 380 g/mol. The molecule has 2 heterocycles. The minimum atomic E-state index is -0.283. The van der Waals surface area contributed by atoms with Crippen LogP contribution >= 0.6 is 11.3 Å². The summed E-state index contributed by atoms with van der Waals surface area (Å²) >= 11 is 1.51. The van der Waals surface area contributed by atoms with E-state index in [1.807, 2.05) is 0 Å². The van der Waals surface area contributed by atoms with E-state index in [9.17, 15) is 10.1 Å². The van der Waals surface area contributed by atoms with Gasteiger partial charge < -0.3 is 10.1 Å². The van der Waals surface area contributed by atoms with Gasteiger partial charge in [0.2, 0.25) is 0 Å². The molecule has 27 heavy (non-hydrogen) atoms. The number of rotatable bonds is 5. The van der Waals surface area contributed by atoms with Crippen molar-refractivity contribution in [2.75, 3.05) is 11.9 Å². The number of anilines is 1. The van der Waals surface area contributed by atoms with Crippen LogP contribution in [0.5, 0.6) is 5.75 Å². The lowest BCUT2D eigenvalue weighted by Crippen LogP contribution is -2.20. The van der Waals surface area contributed by atoms with Gasteiger partial charge in [-0.25, -0.2) is 4.68 Å². The van der Waals surface area contributed by atoms with Crippen molar-refractivity contribution in [1.29, 1.82) is 5.26 Å². The van der Waals surface area contributed by atoms with Gasteiger partial charge in [0.05, 0.1) is 11.3 Å². The van der Waals surface area contributed by atoms with Crippen molar-refractivity contribution >= 4 is 22.2 Å². The number of carbonyl (C=O) groups is 1. The second-order valence-corrected chi connectivity index (χ2v) is 7.22. The topological polar surface area (TPSA) is 106 Å². The van der Waals surface area contributed by atoms with E-state index in [0.29, 0.717) is 16.3 Å². The molecular weight excluding hydrogens is 364 g/mol. The third-order valence-electron chi connectivity index (χ3n) is 4.36. The van der Waals surface area contributed by atoms with Crippen molar-refractivity contribution in [3.63, 3.8) is 0 Å². The summed E-state index contributed by atoms with van der Waals surface area (Å²) in [5.41, 5.74) is 2.50. The number of nitrogens with one attached hydrogen (secondary N) is 1. The van der Waals surface area contributed by atoms with E-state index in [4.69, 9.17) is 4.74 Å². The number of hydrogen-bond donors (Lipinski definition) is 1. The molecule has 0 radical (unpaired) electrons. The molecule has 8 nitrogen and oxygen atoms in total. The molecule has 0 saturated heterocycles. The Bertz CT molecular complexity index is 988. The van der Waals surface area contributed by atoms with Gasteiger partial charge in [-0.3, -0.25) is 4.79 Å². The molecule has 0 aliphatic heterocycles. The Hall–Kier alpha value is -3.25. The normalized spacial score (nSPS) is 12.9. The van der Waals surface area contributed by atoms with E-state index in [1.54, 1.807) is 24.3 Å². The molecule has 1 amide bonds. The van der Waals surface area contributed by atoms with Crippen LogP contribution in [-0.2, 0) is 17.6 Å². The number of thiophene rings is 1. The number of benzene rings is 1. The summed E-state index contributed by atoms with van der Waals surface area (Å²) in [7, 11) is 0. The zero-order valence-corrected chi connectivity index (χ0v) is 15.2. The van der Waals surface area contributed by atoms with Crippen molar-refractivity contribution in [3.8, 4) is 17.5 Å². The van der Waals surface area contributed by atoms with Gasteiger partial charge in [0, 0.05) is 4.88 Å². The highest BCUT2D eigenvalue weighted by Crippen LogP contribution is 2.37. The maximum Gasteiger partial charge on any atom is 0.262 e. The van der Waals surface area contributed by atoms with E-state index < -0.39 is 0 Å². The molecule has 9 heteroatoms. The molecule has 1 aromatic carbocycles. The van der Waals surface area contributed by atoms with Crippen LogP contribution in [0.1, 0.15) is 28.8 Å². The molecule has 0 unspecified atom stereocenters. The standard InChI is InChI=1S/C18H16N6O2S/c19-9-15-14-3-1-2-4-16(14)27-18(15)21-17(25)10-26-13-7-5-12(6-8-13)24-11-20-22-23-24/h5-8,11H,1-4,10H2,(H,21,25). The summed E-state index contributed by atoms with van der Waals surface area (Å²) in [6.45, 7) is -0.127. The predicted octanol–water partition coefficient (Wildman–Crippen LogP) is 2.49. The van der Waals surface area contributed by atoms with Crippen LogP contribution in [0.4, 0.5) is 5.00 Å². The largest absolute Gasteiger partial charge is 0.484 e. The van der Waals surface area contributed by atoms with Crippen molar-refractivity contribution in [2.45, 2.75) is 25.7 Å². The first-order valence-corrected chi connectivity index (χ1v) is 9.37. The lowest BCUT2D eigenvalue weighted by atomic mass is 9.96. The maximum atomic E-state index is 12.3. The van der Waals surface area contributed by atoms with Gasteiger partial charge in [0.1, 0.15) is 23.1 Å². The molecule has 3 aromatic rings. The number of hydrogen-bond acceptors (Lipinski definition) is 7. The summed E-state index contributed by atoms with van der Waals surface area (Å²) in [4.78, 5) is 13.5.